The summed E-state index contributed by atoms with van der Waals surface area (Å²) in [6.07, 6.45) is -0.521. The Morgan fingerprint density at radius 3 is 2.89 bits per heavy atom. The van der Waals surface area contributed by atoms with Gasteiger partial charge in [0.05, 0.1) is 23.0 Å². The van der Waals surface area contributed by atoms with Crippen molar-refractivity contribution in [3.63, 3.8) is 0 Å². The molecule has 1 fully saturated rings. The normalized spacial score (nSPS) is 19.0. The number of anilines is 2. The molecule has 148 valence electrons. The van der Waals surface area contributed by atoms with E-state index in [1.165, 1.54) is 4.90 Å². The monoisotopic (exact) mass is 395 g/mol. The van der Waals surface area contributed by atoms with Gasteiger partial charge in [0.2, 0.25) is 0 Å². The molecule has 2 N–H and O–H groups in total. The number of aromatic nitrogens is 2. The molecule has 1 unspecified atom stereocenters. The van der Waals surface area contributed by atoms with Gasteiger partial charge in [0.1, 0.15) is 0 Å². The molecule has 1 atom stereocenters. The van der Waals surface area contributed by atoms with Gasteiger partial charge in [-0.2, -0.15) is 18.3 Å². The van der Waals surface area contributed by atoms with E-state index in [9.17, 15) is 22.8 Å². The molecule has 2 aromatic rings. The highest BCUT2D eigenvalue weighted by atomic mass is 19.4. The number of likely N-dealkylation sites (tertiary alicyclic amines) is 1. The molecule has 8 nitrogen and oxygen atoms in total. The predicted molar refractivity (Wildman–Crippen MR) is 92.0 cm³/mol. The number of carbonyl (C=O) groups is 2. The number of nitrogens with one attached hydrogen (secondary N) is 2. The number of rotatable bonds is 2. The Bertz CT molecular complexity index is 914. The fourth-order valence-electron chi connectivity index (χ4n) is 3.29. The molecule has 0 radical (unpaired) electrons. The van der Waals surface area contributed by atoms with E-state index in [4.69, 9.17) is 4.74 Å². The van der Waals surface area contributed by atoms with Crippen LogP contribution < -0.4 is 15.4 Å². The molecule has 2 aliphatic heterocycles. The Morgan fingerprint density at radius 2 is 2.18 bits per heavy atom. The largest absolute Gasteiger partial charge is 0.479 e. The van der Waals surface area contributed by atoms with Gasteiger partial charge in [-0.05, 0) is 24.6 Å². The number of fused-ring (bicyclic) bond motifs is 1. The van der Waals surface area contributed by atoms with Crippen molar-refractivity contribution in [1.82, 2.24) is 14.7 Å². The maximum absolute atomic E-state index is 13.2. The second-order valence-electron chi connectivity index (χ2n) is 6.54. The molecule has 0 aliphatic carbocycles. The molecular formula is C17H16F3N5O3. The summed E-state index contributed by atoms with van der Waals surface area (Å²) in [7, 11) is 0. The minimum absolute atomic E-state index is 0.00349. The van der Waals surface area contributed by atoms with E-state index in [2.05, 4.69) is 15.7 Å². The first-order chi connectivity index (χ1) is 13.3. The van der Waals surface area contributed by atoms with Crippen LogP contribution in [0, 0.1) is 0 Å². The van der Waals surface area contributed by atoms with Crippen LogP contribution in [0.25, 0.3) is 0 Å². The van der Waals surface area contributed by atoms with Gasteiger partial charge in [-0.25, -0.2) is 4.79 Å². The molecule has 1 aromatic heterocycles. The van der Waals surface area contributed by atoms with Crippen molar-refractivity contribution in [1.29, 1.82) is 0 Å². The zero-order chi connectivity index (χ0) is 19.9. The quantitative estimate of drug-likeness (QED) is 0.819. The lowest BCUT2D eigenvalue weighted by Gasteiger charge is -2.24. The van der Waals surface area contributed by atoms with Crippen LogP contribution in [0.4, 0.5) is 29.3 Å². The Kier molecular flexibility index (Phi) is 4.36. The molecule has 3 heterocycles. The van der Waals surface area contributed by atoms with Crippen LogP contribution in [0.3, 0.4) is 0 Å². The third kappa shape index (κ3) is 3.47. The number of carbonyl (C=O) groups excluding carboxylic acids is 2. The van der Waals surface area contributed by atoms with Crippen molar-refractivity contribution in [3.05, 3.63) is 36.2 Å². The van der Waals surface area contributed by atoms with Crippen LogP contribution in [-0.2, 0) is 11.0 Å². The van der Waals surface area contributed by atoms with Gasteiger partial charge >= 0.3 is 12.2 Å². The number of alkyl halides is 3. The van der Waals surface area contributed by atoms with Crippen molar-refractivity contribution in [2.45, 2.75) is 18.6 Å². The summed E-state index contributed by atoms with van der Waals surface area (Å²) in [5.41, 5.74) is -1.27. The molecule has 2 aliphatic rings. The van der Waals surface area contributed by atoms with Crippen molar-refractivity contribution < 1.29 is 27.5 Å². The number of benzene rings is 1. The lowest BCUT2D eigenvalue weighted by Crippen LogP contribution is -2.34. The molecule has 11 heteroatoms. The number of amides is 3. The van der Waals surface area contributed by atoms with Crippen LogP contribution in [0.15, 0.2) is 30.6 Å². The summed E-state index contributed by atoms with van der Waals surface area (Å²) in [6, 6.07) is 2.83. The number of ether oxygens (including phenoxy) is 1. The maximum atomic E-state index is 13.2. The zero-order valence-electron chi connectivity index (χ0n) is 14.5. The van der Waals surface area contributed by atoms with Gasteiger partial charge in [-0.15, -0.1) is 0 Å². The van der Waals surface area contributed by atoms with E-state index in [0.29, 0.717) is 19.5 Å². The summed E-state index contributed by atoms with van der Waals surface area (Å²) in [5, 5.41) is 8.98. The molecule has 28 heavy (non-hydrogen) atoms. The average molecular weight is 395 g/mol. The van der Waals surface area contributed by atoms with Gasteiger partial charge < -0.3 is 20.3 Å². The van der Waals surface area contributed by atoms with E-state index in [1.54, 1.807) is 23.1 Å². The minimum atomic E-state index is -4.64. The van der Waals surface area contributed by atoms with Crippen LogP contribution in [0.2, 0.25) is 0 Å². The zero-order valence-corrected chi connectivity index (χ0v) is 14.5. The highest BCUT2D eigenvalue weighted by molar-refractivity contribution is 6.00. The lowest BCUT2D eigenvalue weighted by atomic mass is 10.1. The molecule has 0 saturated carbocycles. The van der Waals surface area contributed by atoms with E-state index < -0.39 is 23.7 Å². The summed E-state index contributed by atoms with van der Waals surface area (Å²) in [6.45, 7) is 0.480. The van der Waals surface area contributed by atoms with E-state index >= 15 is 0 Å². The Balaban J connectivity index is 1.56. The molecule has 3 amide bonds. The molecule has 0 bridgehead atoms. The number of urea groups is 1. The highest BCUT2D eigenvalue weighted by Gasteiger charge is 2.35. The number of hydrogen-bond donors (Lipinski definition) is 2. The van der Waals surface area contributed by atoms with Crippen LogP contribution in [0.1, 0.15) is 18.0 Å². The van der Waals surface area contributed by atoms with Crippen molar-refractivity contribution in [2.75, 3.05) is 30.3 Å². The molecule has 1 aromatic carbocycles. The summed E-state index contributed by atoms with van der Waals surface area (Å²) in [5.74, 6) is -0.561. The molecule has 4 rings (SSSR count). The Labute approximate surface area is 157 Å². The van der Waals surface area contributed by atoms with E-state index in [0.717, 1.165) is 12.1 Å². The average Bonchev–Trinajstić information content (AvgIpc) is 3.32. The number of nitrogens with zero attached hydrogens (tertiary/aromatic N) is 3. The molecule has 0 spiro atoms. The number of halogens is 3. The van der Waals surface area contributed by atoms with Crippen LogP contribution in [-0.4, -0.2) is 46.3 Å². The second kappa shape index (κ2) is 6.73. The fourth-order valence-corrected chi connectivity index (χ4v) is 3.29. The Morgan fingerprint density at radius 1 is 1.36 bits per heavy atom. The van der Waals surface area contributed by atoms with Crippen molar-refractivity contribution in [2.24, 2.45) is 0 Å². The van der Waals surface area contributed by atoms with Gasteiger partial charge in [-0.1, -0.05) is 0 Å². The summed E-state index contributed by atoms with van der Waals surface area (Å²) < 4.78 is 46.6. The molecule has 1 saturated heterocycles. The fraction of sp³-hybridized carbons (Fsp3) is 0.353. The predicted octanol–water partition coefficient (Wildman–Crippen LogP) is 2.71. The third-order valence-electron chi connectivity index (χ3n) is 4.63. The smallest absolute Gasteiger partial charge is 0.416 e. The maximum Gasteiger partial charge on any atom is 0.416 e. The third-order valence-corrected chi connectivity index (χ3v) is 4.63. The summed E-state index contributed by atoms with van der Waals surface area (Å²) in [4.78, 5) is 25.6. The van der Waals surface area contributed by atoms with Gasteiger partial charge in [-0.3, -0.25) is 9.48 Å². The standard InChI is InChI=1S/C17H16F3N5O3/c18-17(19,20)10-6-12-15(28-9-14(26)22-12)13(7-10)23-16(27)24-5-2-11(8-24)25-4-1-3-21-25/h1,3-4,6-7,11H,2,5,8-9H2,(H,22,26)(H,23,27). The SMILES string of the molecule is O=C1COc2c(cc(C(F)(F)F)cc2NC(=O)N2CCC(n3cccn3)C2)N1. The van der Waals surface area contributed by atoms with E-state index in [-0.39, 0.29) is 29.8 Å². The minimum Gasteiger partial charge on any atom is -0.479 e. The first-order valence-corrected chi connectivity index (χ1v) is 8.54. The van der Waals surface area contributed by atoms with Crippen molar-refractivity contribution in [3.8, 4) is 5.75 Å². The van der Waals surface area contributed by atoms with E-state index in [1.807, 2.05) is 0 Å². The molecular weight excluding hydrogens is 379 g/mol. The second-order valence-corrected chi connectivity index (χ2v) is 6.54. The van der Waals surface area contributed by atoms with Gasteiger partial charge in [0, 0.05) is 25.5 Å². The van der Waals surface area contributed by atoms with Crippen LogP contribution >= 0.6 is 0 Å². The highest BCUT2D eigenvalue weighted by Crippen LogP contribution is 2.42. The van der Waals surface area contributed by atoms with Gasteiger partial charge in [0.25, 0.3) is 5.91 Å². The Hall–Kier alpha value is -3.24. The topological polar surface area (TPSA) is 88.5 Å². The first-order valence-electron chi connectivity index (χ1n) is 8.54. The summed E-state index contributed by atoms with van der Waals surface area (Å²) >= 11 is 0. The lowest BCUT2D eigenvalue weighted by molar-refractivity contribution is -0.137. The van der Waals surface area contributed by atoms with Crippen molar-refractivity contribution >= 4 is 23.3 Å². The first kappa shape index (κ1) is 18.1. The van der Waals surface area contributed by atoms with Gasteiger partial charge in [0.15, 0.2) is 12.4 Å². The van der Waals surface area contributed by atoms with Crippen LogP contribution in [0.5, 0.6) is 5.75 Å². The number of hydrogen-bond acceptors (Lipinski definition) is 4.